The van der Waals surface area contributed by atoms with Crippen molar-refractivity contribution in [3.05, 3.63) is 76.8 Å². The Hall–Kier alpha value is -2.65. The van der Waals surface area contributed by atoms with Gasteiger partial charge in [-0.1, -0.05) is 48.5 Å². The zero-order valence-corrected chi connectivity index (χ0v) is 15.2. The third kappa shape index (κ3) is 2.19. The van der Waals surface area contributed by atoms with Gasteiger partial charge < -0.3 is 4.42 Å². The Morgan fingerprint density at radius 1 is 0.840 bits per heavy atom. The average molecular weight is 388 g/mol. The zero-order valence-electron chi connectivity index (χ0n) is 13.6. The molecule has 0 spiro atoms. The van der Waals surface area contributed by atoms with E-state index < -0.39 is 0 Å². The maximum atomic E-state index is 6.32. The topological polar surface area (TPSA) is 26.0 Å². The summed E-state index contributed by atoms with van der Waals surface area (Å²) >= 11 is 3.64. The van der Waals surface area contributed by atoms with E-state index in [2.05, 4.69) is 71.4 Å². The molecule has 0 aliphatic heterocycles. The van der Waals surface area contributed by atoms with Gasteiger partial charge in [0.05, 0.1) is 9.99 Å². The molecule has 0 unspecified atom stereocenters. The van der Waals surface area contributed by atoms with E-state index in [0.29, 0.717) is 0 Å². The van der Waals surface area contributed by atoms with Gasteiger partial charge in [-0.3, -0.25) is 0 Å². The van der Waals surface area contributed by atoms with Crippen LogP contribution in [0, 0.1) is 6.92 Å². The number of halogens is 1. The Kier molecular flexibility index (Phi) is 3.19. The average Bonchev–Trinajstić information content (AvgIpc) is 2.99. The van der Waals surface area contributed by atoms with Crippen molar-refractivity contribution in [1.82, 2.24) is 4.98 Å². The summed E-state index contributed by atoms with van der Waals surface area (Å²) in [5, 5.41) is 2.15. The number of fused-ring (bicyclic) bond motifs is 4. The second-order valence-corrected chi connectivity index (χ2v) is 7.13. The lowest BCUT2D eigenvalue weighted by molar-refractivity contribution is 0.667. The Labute approximate surface area is 153 Å². The monoisotopic (exact) mass is 387 g/mol. The summed E-state index contributed by atoms with van der Waals surface area (Å²) in [5.74, 6) is 0. The van der Waals surface area contributed by atoms with Crippen LogP contribution in [0.5, 0.6) is 0 Å². The van der Waals surface area contributed by atoms with Gasteiger partial charge in [-0.15, -0.1) is 0 Å². The highest BCUT2D eigenvalue weighted by Gasteiger charge is 2.18. The van der Waals surface area contributed by atoms with E-state index in [1.165, 1.54) is 5.56 Å². The normalized spacial score (nSPS) is 11.6. The van der Waals surface area contributed by atoms with Crippen LogP contribution in [-0.4, -0.2) is 4.98 Å². The molecule has 5 rings (SSSR count). The fraction of sp³-hybridized carbons (Fsp3) is 0.0455. The van der Waals surface area contributed by atoms with Gasteiger partial charge in [0.25, 0.3) is 0 Å². The third-order valence-electron chi connectivity index (χ3n) is 4.56. The molecule has 0 bridgehead atoms. The summed E-state index contributed by atoms with van der Waals surface area (Å²) in [6.45, 7) is 2.09. The quantitative estimate of drug-likeness (QED) is 0.313. The molecule has 0 fully saturated rings. The fourth-order valence-corrected chi connectivity index (χ4v) is 4.13. The van der Waals surface area contributed by atoms with Crippen molar-refractivity contribution in [3.63, 3.8) is 0 Å². The van der Waals surface area contributed by atoms with E-state index in [1.807, 2.05) is 18.2 Å². The smallest absolute Gasteiger partial charge is 0.162 e. The van der Waals surface area contributed by atoms with Gasteiger partial charge in [-0.05, 0) is 52.2 Å². The number of nitrogens with zero attached hydrogens (tertiary/aromatic N) is 1. The molecule has 3 aromatic carbocycles. The van der Waals surface area contributed by atoms with E-state index in [-0.39, 0.29) is 0 Å². The minimum Gasteiger partial charge on any atom is -0.452 e. The Balaban J connectivity index is 2.06. The van der Waals surface area contributed by atoms with Gasteiger partial charge in [0, 0.05) is 16.3 Å². The number of hydrogen-bond donors (Lipinski definition) is 0. The van der Waals surface area contributed by atoms with Crippen molar-refractivity contribution in [2.45, 2.75) is 6.92 Å². The first-order chi connectivity index (χ1) is 12.2. The van der Waals surface area contributed by atoms with E-state index in [1.54, 1.807) is 0 Å². The largest absolute Gasteiger partial charge is 0.452 e. The molecule has 3 heteroatoms. The van der Waals surface area contributed by atoms with Crippen LogP contribution < -0.4 is 0 Å². The van der Waals surface area contributed by atoms with Gasteiger partial charge >= 0.3 is 0 Å². The molecule has 0 saturated heterocycles. The molecule has 25 heavy (non-hydrogen) atoms. The first-order valence-corrected chi connectivity index (χ1v) is 8.98. The molecule has 2 nitrogen and oxygen atoms in total. The summed E-state index contributed by atoms with van der Waals surface area (Å²) in [6, 6.07) is 22.8. The number of furan rings is 1. The van der Waals surface area contributed by atoms with Crippen molar-refractivity contribution < 1.29 is 4.42 Å². The third-order valence-corrected chi connectivity index (χ3v) is 5.15. The van der Waals surface area contributed by atoms with E-state index >= 15 is 0 Å². The van der Waals surface area contributed by atoms with Crippen molar-refractivity contribution in [2.75, 3.05) is 0 Å². The maximum absolute atomic E-state index is 6.32. The first-order valence-electron chi connectivity index (χ1n) is 8.19. The number of benzene rings is 3. The lowest BCUT2D eigenvalue weighted by Crippen LogP contribution is -1.86. The summed E-state index contributed by atoms with van der Waals surface area (Å²) in [6.07, 6.45) is 0. The number of aryl methyl sites for hydroxylation is 1. The van der Waals surface area contributed by atoms with Crippen LogP contribution in [0.4, 0.5) is 0 Å². The van der Waals surface area contributed by atoms with Crippen LogP contribution in [0.25, 0.3) is 44.1 Å². The lowest BCUT2D eigenvalue weighted by Gasteiger charge is -2.07. The predicted molar refractivity (Wildman–Crippen MR) is 107 cm³/mol. The van der Waals surface area contributed by atoms with Crippen LogP contribution in [0.2, 0.25) is 0 Å². The van der Waals surface area contributed by atoms with Crippen LogP contribution >= 0.6 is 15.9 Å². The molecule has 0 atom stereocenters. The number of aromatic nitrogens is 1. The van der Waals surface area contributed by atoms with Crippen molar-refractivity contribution in [1.29, 1.82) is 0 Å². The molecule has 0 saturated carbocycles. The Morgan fingerprint density at radius 2 is 1.60 bits per heavy atom. The molecule has 120 valence electrons. The van der Waals surface area contributed by atoms with Crippen LogP contribution in [0.3, 0.4) is 0 Å². The highest BCUT2D eigenvalue weighted by atomic mass is 79.9. The molecule has 0 aliphatic rings. The molecule has 2 aromatic heterocycles. The first kappa shape index (κ1) is 14.7. The summed E-state index contributed by atoms with van der Waals surface area (Å²) in [7, 11) is 0. The second kappa shape index (κ2) is 5.43. The van der Waals surface area contributed by atoms with E-state index in [0.717, 1.165) is 48.6 Å². The summed E-state index contributed by atoms with van der Waals surface area (Å²) in [5.41, 5.74) is 7.00. The zero-order chi connectivity index (χ0) is 17.0. The summed E-state index contributed by atoms with van der Waals surface area (Å²) < 4.78 is 7.28. The lowest BCUT2D eigenvalue weighted by atomic mass is 9.99. The molecule has 0 aliphatic carbocycles. The van der Waals surface area contributed by atoms with Crippen LogP contribution in [0.1, 0.15) is 5.56 Å². The van der Waals surface area contributed by atoms with Gasteiger partial charge in [-0.25, -0.2) is 4.98 Å². The number of para-hydroxylation sites is 1. The maximum Gasteiger partial charge on any atom is 0.162 e. The Bertz CT molecular complexity index is 1260. The Morgan fingerprint density at radius 3 is 2.44 bits per heavy atom. The highest BCUT2D eigenvalue weighted by Crippen LogP contribution is 2.41. The molecule has 0 N–H and O–H groups in total. The van der Waals surface area contributed by atoms with Crippen molar-refractivity contribution in [2.24, 2.45) is 0 Å². The van der Waals surface area contributed by atoms with Crippen molar-refractivity contribution >= 4 is 48.9 Å². The molecular formula is C22H14BrNO. The molecule has 5 aromatic rings. The number of hydrogen-bond acceptors (Lipinski definition) is 2. The van der Waals surface area contributed by atoms with Gasteiger partial charge in [0.2, 0.25) is 0 Å². The van der Waals surface area contributed by atoms with Gasteiger partial charge in [-0.2, -0.15) is 0 Å². The standard InChI is InChI=1S/C22H14BrNO/c1-13-11-16-20-22(25-21(16)17(23)12-13)19(14-7-3-2-4-8-14)15-9-5-6-10-18(15)24-20/h2-12H,1H3. The van der Waals surface area contributed by atoms with E-state index in [4.69, 9.17) is 9.40 Å². The fourth-order valence-electron chi connectivity index (χ4n) is 3.48. The molecule has 0 amide bonds. The van der Waals surface area contributed by atoms with Crippen molar-refractivity contribution in [3.8, 4) is 11.1 Å². The minimum absolute atomic E-state index is 0.839. The molecule has 2 heterocycles. The number of rotatable bonds is 1. The van der Waals surface area contributed by atoms with Gasteiger partial charge in [0.15, 0.2) is 11.2 Å². The SMILES string of the molecule is Cc1cc(Br)c2oc3c(-c4ccccc4)c4ccccc4nc3c2c1. The van der Waals surface area contributed by atoms with E-state index in [9.17, 15) is 0 Å². The summed E-state index contributed by atoms with van der Waals surface area (Å²) in [4.78, 5) is 4.92. The molecular weight excluding hydrogens is 374 g/mol. The predicted octanol–water partition coefficient (Wildman–Crippen LogP) is 6.87. The van der Waals surface area contributed by atoms with Crippen LogP contribution in [-0.2, 0) is 0 Å². The van der Waals surface area contributed by atoms with Gasteiger partial charge in [0.1, 0.15) is 5.52 Å². The second-order valence-electron chi connectivity index (χ2n) is 6.27. The minimum atomic E-state index is 0.839. The highest BCUT2D eigenvalue weighted by molar-refractivity contribution is 9.10. The van der Waals surface area contributed by atoms with Crippen LogP contribution in [0.15, 0.2) is 75.6 Å². The molecule has 0 radical (unpaired) electrons. The number of pyridine rings is 1.